The highest BCUT2D eigenvalue weighted by molar-refractivity contribution is 7.15. The van der Waals surface area contributed by atoms with Gasteiger partial charge in [0, 0.05) is 18.1 Å². The minimum atomic E-state index is -0.162. The molecule has 1 aliphatic rings. The first-order chi connectivity index (χ1) is 9.13. The lowest BCUT2D eigenvalue weighted by Crippen LogP contribution is -2.15. The molecule has 1 amide bonds. The van der Waals surface area contributed by atoms with Gasteiger partial charge in [-0.3, -0.25) is 10.1 Å². The fourth-order valence-electron chi connectivity index (χ4n) is 2.38. The maximum atomic E-state index is 12.1. The van der Waals surface area contributed by atoms with Crippen LogP contribution in [0.25, 0.3) is 0 Å². The molecule has 0 radical (unpaired) electrons. The van der Waals surface area contributed by atoms with Crippen molar-refractivity contribution in [2.75, 3.05) is 11.1 Å². The van der Waals surface area contributed by atoms with Crippen molar-refractivity contribution < 1.29 is 4.79 Å². The number of nitrogens with one attached hydrogen (secondary N) is 1. The van der Waals surface area contributed by atoms with Crippen LogP contribution in [0.1, 0.15) is 33.9 Å². The standard InChI is InChI=1S/C13H16N4OS/c1-17-7-8(14)6-10(17)12(18)16-13-15-9-4-2-3-5-11(9)19-13/h6-7H,2-5,14H2,1H3,(H,15,16,18). The van der Waals surface area contributed by atoms with E-state index in [1.807, 2.05) is 0 Å². The quantitative estimate of drug-likeness (QED) is 0.883. The normalized spacial score (nSPS) is 14.2. The van der Waals surface area contributed by atoms with Crippen molar-refractivity contribution in [2.45, 2.75) is 25.7 Å². The van der Waals surface area contributed by atoms with Crippen molar-refractivity contribution in [1.82, 2.24) is 9.55 Å². The highest BCUT2D eigenvalue weighted by atomic mass is 32.1. The minimum Gasteiger partial charge on any atom is -0.397 e. The van der Waals surface area contributed by atoms with E-state index >= 15 is 0 Å². The molecule has 2 aromatic heterocycles. The molecule has 0 aliphatic heterocycles. The molecule has 0 saturated carbocycles. The lowest BCUT2D eigenvalue weighted by molar-refractivity contribution is 0.101. The van der Waals surface area contributed by atoms with E-state index in [0.717, 1.165) is 18.5 Å². The molecule has 0 atom stereocenters. The van der Waals surface area contributed by atoms with E-state index in [2.05, 4.69) is 10.3 Å². The van der Waals surface area contributed by atoms with E-state index in [-0.39, 0.29) is 5.91 Å². The molecule has 3 rings (SSSR count). The lowest BCUT2D eigenvalue weighted by atomic mass is 10.0. The number of thiazole rings is 1. The van der Waals surface area contributed by atoms with E-state index in [1.165, 1.54) is 17.7 Å². The summed E-state index contributed by atoms with van der Waals surface area (Å²) in [6.07, 6.45) is 6.25. The van der Waals surface area contributed by atoms with E-state index in [0.29, 0.717) is 16.5 Å². The van der Waals surface area contributed by atoms with Crippen LogP contribution in [-0.4, -0.2) is 15.5 Å². The smallest absolute Gasteiger partial charge is 0.274 e. The van der Waals surface area contributed by atoms with Crippen LogP contribution in [0.15, 0.2) is 12.3 Å². The molecule has 0 fully saturated rings. The number of carbonyl (C=O) groups is 1. The number of aromatic nitrogens is 2. The number of nitrogens with two attached hydrogens (primary N) is 1. The zero-order valence-corrected chi connectivity index (χ0v) is 11.6. The van der Waals surface area contributed by atoms with Gasteiger partial charge in [-0.05, 0) is 31.7 Å². The Morgan fingerprint density at radius 3 is 2.95 bits per heavy atom. The second-order valence-corrected chi connectivity index (χ2v) is 5.90. The van der Waals surface area contributed by atoms with Crippen molar-refractivity contribution in [3.8, 4) is 0 Å². The molecular weight excluding hydrogens is 260 g/mol. The van der Waals surface area contributed by atoms with Crippen molar-refractivity contribution in [2.24, 2.45) is 7.05 Å². The Morgan fingerprint density at radius 2 is 2.26 bits per heavy atom. The number of fused-ring (bicyclic) bond motifs is 1. The van der Waals surface area contributed by atoms with Crippen molar-refractivity contribution >= 4 is 28.1 Å². The number of rotatable bonds is 2. The van der Waals surface area contributed by atoms with Crippen LogP contribution in [0, 0.1) is 0 Å². The highest BCUT2D eigenvalue weighted by Crippen LogP contribution is 2.29. The molecule has 2 heterocycles. The largest absolute Gasteiger partial charge is 0.397 e. The number of anilines is 2. The molecule has 100 valence electrons. The van der Waals surface area contributed by atoms with E-state index in [1.54, 1.807) is 35.2 Å². The molecule has 2 aromatic rings. The van der Waals surface area contributed by atoms with Gasteiger partial charge in [-0.25, -0.2) is 4.98 Å². The van der Waals surface area contributed by atoms with Gasteiger partial charge in [0.25, 0.3) is 5.91 Å². The Hall–Kier alpha value is -1.82. The van der Waals surface area contributed by atoms with Crippen molar-refractivity contribution in [3.63, 3.8) is 0 Å². The molecule has 3 N–H and O–H groups in total. The average Bonchev–Trinajstić information content (AvgIpc) is 2.91. The van der Waals surface area contributed by atoms with Gasteiger partial charge in [-0.2, -0.15) is 0 Å². The van der Waals surface area contributed by atoms with E-state index in [9.17, 15) is 4.79 Å². The van der Waals surface area contributed by atoms with Crippen LogP contribution < -0.4 is 11.1 Å². The van der Waals surface area contributed by atoms with Crippen molar-refractivity contribution in [3.05, 3.63) is 28.5 Å². The maximum Gasteiger partial charge on any atom is 0.274 e. The summed E-state index contributed by atoms with van der Waals surface area (Å²) in [5.74, 6) is -0.162. The molecular formula is C13H16N4OS. The summed E-state index contributed by atoms with van der Waals surface area (Å²) < 4.78 is 1.72. The van der Waals surface area contributed by atoms with Gasteiger partial charge in [0.15, 0.2) is 5.13 Å². The first kappa shape index (κ1) is 12.2. The molecule has 0 unspecified atom stereocenters. The first-order valence-electron chi connectivity index (χ1n) is 6.35. The van der Waals surface area contributed by atoms with Crippen LogP contribution in [-0.2, 0) is 19.9 Å². The molecule has 0 aromatic carbocycles. The van der Waals surface area contributed by atoms with Crippen molar-refractivity contribution in [1.29, 1.82) is 0 Å². The fraction of sp³-hybridized carbons (Fsp3) is 0.385. The summed E-state index contributed by atoms with van der Waals surface area (Å²) in [6.45, 7) is 0. The zero-order chi connectivity index (χ0) is 13.4. The molecule has 0 saturated heterocycles. The van der Waals surface area contributed by atoms with Gasteiger partial charge in [-0.1, -0.05) is 0 Å². The van der Waals surface area contributed by atoms with Crippen LogP contribution in [0.2, 0.25) is 0 Å². The van der Waals surface area contributed by atoms with Gasteiger partial charge < -0.3 is 10.3 Å². The van der Waals surface area contributed by atoms with Crippen LogP contribution in [0.5, 0.6) is 0 Å². The first-order valence-corrected chi connectivity index (χ1v) is 7.17. The Balaban J connectivity index is 1.79. The van der Waals surface area contributed by atoms with Crippen LogP contribution in [0.3, 0.4) is 0 Å². The van der Waals surface area contributed by atoms with Gasteiger partial charge in [0.2, 0.25) is 0 Å². The third-order valence-corrected chi connectivity index (χ3v) is 4.40. The molecule has 0 bridgehead atoms. The van der Waals surface area contributed by atoms with Gasteiger partial charge >= 0.3 is 0 Å². The SMILES string of the molecule is Cn1cc(N)cc1C(=O)Nc1nc2c(s1)CCCC2. The Kier molecular flexibility index (Phi) is 3.02. The Bertz CT molecular complexity index is 605. The number of aryl methyl sites for hydroxylation is 3. The predicted molar refractivity (Wildman–Crippen MR) is 76.5 cm³/mol. The average molecular weight is 276 g/mol. The predicted octanol–water partition coefficient (Wildman–Crippen LogP) is 2.19. The number of hydrogen-bond acceptors (Lipinski definition) is 4. The minimum absolute atomic E-state index is 0.162. The molecule has 6 heteroatoms. The molecule has 19 heavy (non-hydrogen) atoms. The summed E-state index contributed by atoms with van der Waals surface area (Å²) in [5, 5.41) is 3.55. The monoisotopic (exact) mass is 276 g/mol. The van der Waals surface area contributed by atoms with E-state index in [4.69, 9.17) is 5.73 Å². The number of nitrogen functional groups attached to an aromatic ring is 1. The Labute approximate surface area is 115 Å². The van der Waals surface area contributed by atoms with Gasteiger partial charge in [0.1, 0.15) is 5.69 Å². The van der Waals surface area contributed by atoms with Gasteiger partial charge in [-0.15, -0.1) is 11.3 Å². The molecule has 1 aliphatic carbocycles. The lowest BCUT2D eigenvalue weighted by Gasteiger charge is -2.06. The number of carbonyl (C=O) groups excluding carboxylic acids is 1. The van der Waals surface area contributed by atoms with Crippen LogP contribution in [0.4, 0.5) is 10.8 Å². The summed E-state index contributed by atoms with van der Waals surface area (Å²) in [4.78, 5) is 18.0. The Morgan fingerprint density at radius 1 is 1.47 bits per heavy atom. The second kappa shape index (κ2) is 4.70. The topological polar surface area (TPSA) is 72.9 Å². The summed E-state index contributed by atoms with van der Waals surface area (Å²) in [5.41, 5.74) is 7.96. The summed E-state index contributed by atoms with van der Waals surface area (Å²) in [7, 11) is 1.80. The number of amides is 1. The molecule has 0 spiro atoms. The summed E-state index contributed by atoms with van der Waals surface area (Å²) >= 11 is 1.59. The van der Waals surface area contributed by atoms with Gasteiger partial charge in [0.05, 0.1) is 11.4 Å². The highest BCUT2D eigenvalue weighted by Gasteiger charge is 2.18. The second-order valence-electron chi connectivity index (χ2n) is 4.82. The maximum absolute atomic E-state index is 12.1. The third kappa shape index (κ3) is 2.35. The third-order valence-electron chi connectivity index (χ3n) is 3.32. The fourth-order valence-corrected chi connectivity index (χ4v) is 3.43. The summed E-state index contributed by atoms with van der Waals surface area (Å²) in [6, 6.07) is 1.67. The molecule has 5 nitrogen and oxygen atoms in total. The number of nitrogens with zero attached hydrogens (tertiary/aromatic N) is 2. The zero-order valence-electron chi connectivity index (χ0n) is 10.8. The van der Waals surface area contributed by atoms with E-state index < -0.39 is 0 Å². The number of hydrogen-bond donors (Lipinski definition) is 2. The van der Waals surface area contributed by atoms with Crippen LogP contribution >= 0.6 is 11.3 Å².